The third-order valence-electron chi connectivity index (χ3n) is 3.76. The number of hydrogen-bond donors (Lipinski definition) is 1. The molecule has 1 aliphatic rings. The first-order valence-corrected chi connectivity index (χ1v) is 6.94. The molecule has 2 rings (SSSR count). The summed E-state index contributed by atoms with van der Waals surface area (Å²) in [5.74, 6) is -0.203. The first-order chi connectivity index (χ1) is 9.74. The van der Waals surface area contributed by atoms with Crippen LogP contribution in [-0.4, -0.2) is 29.1 Å². The van der Waals surface area contributed by atoms with E-state index in [1.165, 1.54) is 11.0 Å². The van der Waals surface area contributed by atoms with Crippen LogP contribution in [0.25, 0.3) is 0 Å². The fraction of sp³-hybridized carbons (Fsp3) is 0.533. The third-order valence-corrected chi connectivity index (χ3v) is 3.76. The van der Waals surface area contributed by atoms with Crippen molar-refractivity contribution in [3.63, 3.8) is 0 Å². The number of nitro benzene ring substituents is 1. The van der Waals surface area contributed by atoms with E-state index in [1.807, 2.05) is 20.8 Å². The first kappa shape index (κ1) is 15.4. The van der Waals surface area contributed by atoms with Crippen molar-refractivity contribution >= 4 is 17.3 Å². The lowest BCUT2D eigenvalue weighted by atomic mass is 9.85. The number of carbonyl (C=O) groups is 1. The molecule has 1 aromatic rings. The van der Waals surface area contributed by atoms with Crippen LogP contribution in [0.5, 0.6) is 0 Å². The summed E-state index contributed by atoms with van der Waals surface area (Å²) >= 11 is 0. The van der Waals surface area contributed by atoms with E-state index >= 15 is 0 Å². The van der Waals surface area contributed by atoms with Crippen molar-refractivity contribution in [2.75, 3.05) is 18.1 Å². The predicted molar refractivity (Wildman–Crippen MR) is 79.3 cm³/mol. The quantitative estimate of drug-likeness (QED) is 0.684. The zero-order chi connectivity index (χ0) is 15.8. The Morgan fingerprint density at radius 2 is 2.10 bits per heavy atom. The van der Waals surface area contributed by atoms with Crippen molar-refractivity contribution in [1.82, 2.24) is 0 Å². The van der Waals surface area contributed by atoms with E-state index in [9.17, 15) is 14.9 Å². The van der Waals surface area contributed by atoms with Gasteiger partial charge in [0.15, 0.2) is 0 Å². The Labute approximate surface area is 123 Å². The molecule has 21 heavy (non-hydrogen) atoms. The molecule has 0 aliphatic carbocycles. The largest absolute Gasteiger partial charge is 0.396 e. The molecule has 0 radical (unpaired) electrons. The number of benzene rings is 1. The molecule has 1 aliphatic heterocycles. The molecule has 6 heteroatoms. The highest BCUT2D eigenvalue weighted by Gasteiger charge is 2.32. The average Bonchev–Trinajstić information content (AvgIpc) is 2.78. The summed E-state index contributed by atoms with van der Waals surface area (Å²) in [6.45, 7) is 6.10. The SMILES string of the molecule is CC(C)(C)c1ccc(N2CC(CO)CC2=O)cc1[N+](=O)[O-]. The number of aliphatic hydroxyl groups excluding tert-OH is 1. The number of nitro groups is 1. The van der Waals surface area contributed by atoms with Crippen LogP contribution in [-0.2, 0) is 10.2 Å². The van der Waals surface area contributed by atoms with Crippen LogP contribution in [0.2, 0.25) is 0 Å². The van der Waals surface area contributed by atoms with Gasteiger partial charge in [0.25, 0.3) is 5.69 Å². The van der Waals surface area contributed by atoms with Crippen molar-refractivity contribution in [2.24, 2.45) is 5.92 Å². The second kappa shape index (κ2) is 5.44. The van der Waals surface area contributed by atoms with Gasteiger partial charge in [-0.25, -0.2) is 0 Å². The minimum absolute atomic E-state index is 0.0280. The predicted octanol–water partition coefficient (Wildman–Crippen LogP) is 2.24. The summed E-state index contributed by atoms with van der Waals surface area (Å²) in [4.78, 5) is 24.4. The van der Waals surface area contributed by atoms with Crippen LogP contribution < -0.4 is 4.90 Å². The molecule has 0 saturated carbocycles. The smallest absolute Gasteiger partial charge is 0.275 e. The van der Waals surface area contributed by atoms with Gasteiger partial charge in [-0.2, -0.15) is 0 Å². The topological polar surface area (TPSA) is 83.7 Å². The molecule has 6 nitrogen and oxygen atoms in total. The molecule has 1 heterocycles. The van der Waals surface area contributed by atoms with Crippen LogP contribution >= 0.6 is 0 Å². The molecule has 0 bridgehead atoms. The van der Waals surface area contributed by atoms with E-state index in [0.717, 1.165) is 0 Å². The normalized spacial score (nSPS) is 19.1. The lowest BCUT2D eigenvalue weighted by Crippen LogP contribution is -2.25. The second-order valence-corrected chi connectivity index (χ2v) is 6.47. The lowest BCUT2D eigenvalue weighted by Gasteiger charge is -2.21. The highest BCUT2D eigenvalue weighted by atomic mass is 16.6. The van der Waals surface area contributed by atoms with Crippen LogP contribution in [0.1, 0.15) is 32.8 Å². The van der Waals surface area contributed by atoms with E-state index in [-0.39, 0.29) is 36.0 Å². The standard InChI is InChI=1S/C15H20N2O4/c1-15(2,3)12-5-4-11(7-13(12)17(20)21)16-8-10(9-18)6-14(16)19/h4-5,7,10,18H,6,8-9H2,1-3H3. The monoisotopic (exact) mass is 292 g/mol. The highest BCUT2D eigenvalue weighted by Crippen LogP contribution is 2.35. The Kier molecular flexibility index (Phi) is 4.00. The summed E-state index contributed by atoms with van der Waals surface area (Å²) in [5, 5.41) is 20.5. The summed E-state index contributed by atoms with van der Waals surface area (Å²) in [5.41, 5.74) is 0.848. The molecule has 1 unspecified atom stereocenters. The van der Waals surface area contributed by atoms with E-state index < -0.39 is 4.92 Å². The van der Waals surface area contributed by atoms with Gasteiger partial charge in [-0.15, -0.1) is 0 Å². The second-order valence-electron chi connectivity index (χ2n) is 6.47. The number of hydrogen-bond acceptors (Lipinski definition) is 4. The Morgan fingerprint density at radius 3 is 2.57 bits per heavy atom. The minimum Gasteiger partial charge on any atom is -0.396 e. The number of carbonyl (C=O) groups excluding carboxylic acids is 1. The number of aliphatic hydroxyl groups is 1. The molecular weight excluding hydrogens is 272 g/mol. The summed E-state index contributed by atoms with van der Waals surface area (Å²) in [7, 11) is 0. The molecule has 114 valence electrons. The number of amides is 1. The average molecular weight is 292 g/mol. The fourth-order valence-electron chi connectivity index (χ4n) is 2.63. The van der Waals surface area contributed by atoms with Gasteiger partial charge in [0.1, 0.15) is 0 Å². The van der Waals surface area contributed by atoms with Gasteiger partial charge in [-0.05, 0) is 17.5 Å². The maximum Gasteiger partial charge on any atom is 0.275 e. The summed E-state index contributed by atoms with van der Waals surface area (Å²) in [6.07, 6.45) is 0.283. The van der Waals surface area contributed by atoms with Gasteiger partial charge in [-0.1, -0.05) is 20.8 Å². The van der Waals surface area contributed by atoms with Gasteiger partial charge in [0.05, 0.1) is 10.6 Å². The zero-order valence-electron chi connectivity index (χ0n) is 12.5. The number of nitrogens with zero attached hydrogens (tertiary/aromatic N) is 2. The molecule has 1 aromatic carbocycles. The first-order valence-electron chi connectivity index (χ1n) is 6.94. The van der Waals surface area contributed by atoms with E-state index in [4.69, 9.17) is 5.11 Å². The Bertz CT molecular complexity index is 578. The van der Waals surface area contributed by atoms with Gasteiger partial charge < -0.3 is 10.0 Å². The van der Waals surface area contributed by atoms with Crippen molar-refractivity contribution < 1.29 is 14.8 Å². The van der Waals surface area contributed by atoms with Crippen molar-refractivity contribution in [2.45, 2.75) is 32.6 Å². The molecule has 0 spiro atoms. The van der Waals surface area contributed by atoms with Crippen molar-refractivity contribution in [1.29, 1.82) is 0 Å². The van der Waals surface area contributed by atoms with Crippen LogP contribution in [0, 0.1) is 16.0 Å². The number of rotatable bonds is 3. The molecule has 0 aromatic heterocycles. The van der Waals surface area contributed by atoms with Gasteiger partial charge in [-0.3, -0.25) is 14.9 Å². The Morgan fingerprint density at radius 1 is 1.43 bits per heavy atom. The molecule has 1 fully saturated rings. The van der Waals surface area contributed by atoms with Crippen molar-refractivity contribution in [3.8, 4) is 0 Å². The van der Waals surface area contributed by atoms with Crippen LogP contribution in [0.15, 0.2) is 18.2 Å². The van der Waals surface area contributed by atoms with Crippen LogP contribution in [0.4, 0.5) is 11.4 Å². The van der Waals surface area contributed by atoms with Crippen LogP contribution in [0.3, 0.4) is 0 Å². The maximum absolute atomic E-state index is 12.0. The molecular formula is C15H20N2O4. The fourth-order valence-corrected chi connectivity index (χ4v) is 2.63. The molecule has 1 N–H and O–H groups in total. The highest BCUT2D eigenvalue weighted by molar-refractivity contribution is 5.96. The summed E-state index contributed by atoms with van der Waals surface area (Å²) in [6, 6.07) is 4.91. The summed E-state index contributed by atoms with van der Waals surface area (Å²) < 4.78 is 0. The molecule has 1 amide bonds. The Balaban J connectivity index is 2.42. The minimum atomic E-state index is -0.409. The lowest BCUT2D eigenvalue weighted by molar-refractivity contribution is -0.385. The maximum atomic E-state index is 12.0. The van der Waals surface area contributed by atoms with E-state index in [1.54, 1.807) is 12.1 Å². The molecule has 1 saturated heterocycles. The third kappa shape index (κ3) is 3.05. The van der Waals surface area contributed by atoms with Gasteiger partial charge in [0, 0.05) is 37.1 Å². The Hall–Kier alpha value is -1.95. The van der Waals surface area contributed by atoms with Crippen molar-refractivity contribution in [3.05, 3.63) is 33.9 Å². The van der Waals surface area contributed by atoms with E-state index in [2.05, 4.69) is 0 Å². The zero-order valence-corrected chi connectivity index (χ0v) is 12.5. The van der Waals surface area contributed by atoms with Gasteiger partial charge >= 0.3 is 0 Å². The molecule has 1 atom stereocenters. The van der Waals surface area contributed by atoms with E-state index in [0.29, 0.717) is 17.8 Å². The van der Waals surface area contributed by atoms with Gasteiger partial charge in [0.2, 0.25) is 5.91 Å². The number of anilines is 1.